The molecule has 0 bridgehead atoms. The Morgan fingerprint density at radius 3 is 2.37 bits per heavy atom. The van der Waals surface area contributed by atoms with Gasteiger partial charge in [-0.15, -0.1) is 0 Å². The minimum absolute atomic E-state index is 0.484. The Labute approximate surface area is 115 Å². The number of nitrogens with one attached hydrogen (secondary N) is 1. The van der Waals surface area contributed by atoms with E-state index in [9.17, 15) is 5.11 Å². The highest BCUT2D eigenvalue weighted by molar-refractivity contribution is 5.48. The van der Waals surface area contributed by atoms with E-state index in [1.807, 2.05) is 37.3 Å². The molecule has 0 aromatic heterocycles. The topological polar surface area (TPSA) is 32.3 Å². The van der Waals surface area contributed by atoms with Crippen LogP contribution in [0.25, 0.3) is 0 Å². The van der Waals surface area contributed by atoms with E-state index in [0.29, 0.717) is 6.54 Å². The van der Waals surface area contributed by atoms with E-state index in [2.05, 4.69) is 31.3 Å². The van der Waals surface area contributed by atoms with Crippen molar-refractivity contribution in [1.29, 1.82) is 0 Å². The maximum Gasteiger partial charge on any atom is 0.0964 e. The summed E-state index contributed by atoms with van der Waals surface area (Å²) in [7, 11) is 0. The van der Waals surface area contributed by atoms with E-state index in [1.165, 1.54) is 11.1 Å². The maximum absolute atomic E-state index is 10.2. The molecule has 0 amide bonds. The van der Waals surface area contributed by atoms with Crippen molar-refractivity contribution in [2.45, 2.75) is 26.9 Å². The smallest absolute Gasteiger partial charge is 0.0964 e. The van der Waals surface area contributed by atoms with Crippen LogP contribution < -0.4 is 5.32 Å². The molecule has 0 heterocycles. The predicted octanol–water partition coefficient (Wildman–Crippen LogP) is 3.76. The van der Waals surface area contributed by atoms with Gasteiger partial charge in [-0.25, -0.2) is 0 Å². The normalized spacial score (nSPS) is 12.2. The molecule has 2 rings (SSSR count). The summed E-state index contributed by atoms with van der Waals surface area (Å²) in [5.41, 5.74) is 5.70. The number of anilines is 1. The van der Waals surface area contributed by atoms with Gasteiger partial charge in [0.1, 0.15) is 0 Å². The molecule has 0 aliphatic rings. The molecule has 19 heavy (non-hydrogen) atoms. The Hall–Kier alpha value is -1.80. The van der Waals surface area contributed by atoms with Crippen molar-refractivity contribution >= 4 is 5.69 Å². The van der Waals surface area contributed by atoms with Gasteiger partial charge in [0, 0.05) is 12.2 Å². The molecule has 2 N–H and O–H groups in total. The van der Waals surface area contributed by atoms with Gasteiger partial charge >= 0.3 is 0 Å². The SMILES string of the molecule is Cc1ccc(NCC(O)c2ccccc2C)cc1C. The standard InChI is InChI=1S/C17H21NO/c1-12-8-9-15(10-14(12)3)18-11-17(19)16-7-5-4-6-13(16)2/h4-10,17-19H,11H2,1-3H3. The number of hydrogen-bond donors (Lipinski definition) is 2. The van der Waals surface area contributed by atoms with Crippen LogP contribution in [0.5, 0.6) is 0 Å². The monoisotopic (exact) mass is 255 g/mol. The zero-order chi connectivity index (χ0) is 13.8. The van der Waals surface area contributed by atoms with Gasteiger partial charge in [0.2, 0.25) is 0 Å². The summed E-state index contributed by atoms with van der Waals surface area (Å²) in [6.45, 7) is 6.74. The summed E-state index contributed by atoms with van der Waals surface area (Å²) >= 11 is 0. The van der Waals surface area contributed by atoms with Crippen LogP contribution in [0, 0.1) is 20.8 Å². The number of benzene rings is 2. The van der Waals surface area contributed by atoms with Crippen molar-refractivity contribution in [2.24, 2.45) is 0 Å². The van der Waals surface area contributed by atoms with E-state index in [-0.39, 0.29) is 0 Å². The van der Waals surface area contributed by atoms with Crippen molar-refractivity contribution in [3.05, 3.63) is 64.7 Å². The second-order valence-electron chi connectivity index (χ2n) is 5.05. The van der Waals surface area contributed by atoms with Gasteiger partial charge in [0.15, 0.2) is 0 Å². The van der Waals surface area contributed by atoms with Gasteiger partial charge in [-0.3, -0.25) is 0 Å². The first-order valence-electron chi connectivity index (χ1n) is 6.62. The van der Waals surface area contributed by atoms with Gasteiger partial charge < -0.3 is 10.4 Å². The van der Waals surface area contributed by atoms with Gasteiger partial charge in [0.25, 0.3) is 0 Å². The van der Waals surface area contributed by atoms with Crippen molar-refractivity contribution < 1.29 is 5.11 Å². The third-order valence-corrected chi connectivity index (χ3v) is 3.55. The second-order valence-corrected chi connectivity index (χ2v) is 5.05. The molecule has 0 radical (unpaired) electrons. The number of aliphatic hydroxyl groups is 1. The molecule has 0 aliphatic carbocycles. The predicted molar refractivity (Wildman–Crippen MR) is 80.5 cm³/mol. The van der Waals surface area contributed by atoms with E-state index in [1.54, 1.807) is 0 Å². The Morgan fingerprint density at radius 1 is 0.947 bits per heavy atom. The van der Waals surface area contributed by atoms with Gasteiger partial charge in [0.05, 0.1) is 6.10 Å². The Balaban J connectivity index is 2.02. The molecule has 2 aromatic rings. The summed E-state index contributed by atoms with van der Waals surface area (Å²) < 4.78 is 0. The summed E-state index contributed by atoms with van der Waals surface area (Å²) in [5, 5.41) is 13.5. The molecule has 2 nitrogen and oxygen atoms in total. The molecule has 2 heteroatoms. The zero-order valence-corrected chi connectivity index (χ0v) is 11.8. The molecular formula is C17H21NO. The molecule has 1 atom stereocenters. The number of rotatable bonds is 4. The highest BCUT2D eigenvalue weighted by Crippen LogP contribution is 2.19. The van der Waals surface area contributed by atoms with Crippen molar-refractivity contribution in [3.8, 4) is 0 Å². The highest BCUT2D eigenvalue weighted by atomic mass is 16.3. The molecular weight excluding hydrogens is 234 g/mol. The van der Waals surface area contributed by atoms with Crippen molar-refractivity contribution in [3.63, 3.8) is 0 Å². The molecule has 2 aromatic carbocycles. The highest BCUT2D eigenvalue weighted by Gasteiger charge is 2.09. The van der Waals surface area contributed by atoms with Crippen LogP contribution in [-0.4, -0.2) is 11.7 Å². The fourth-order valence-electron chi connectivity index (χ4n) is 2.14. The third kappa shape index (κ3) is 3.36. The van der Waals surface area contributed by atoms with Crippen LogP contribution >= 0.6 is 0 Å². The first kappa shape index (κ1) is 13.6. The maximum atomic E-state index is 10.2. The van der Waals surface area contributed by atoms with Gasteiger partial charge in [-0.1, -0.05) is 30.3 Å². The fraction of sp³-hybridized carbons (Fsp3) is 0.294. The fourth-order valence-corrected chi connectivity index (χ4v) is 2.14. The van der Waals surface area contributed by atoms with Crippen LogP contribution in [-0.2, 0) is 0 Å². The molecule has 0 aliphatic heterocycles. The van der Waals surface area contributed by atoms with E-state index < -0.39 is 6.10 Å². The zero-order valence-electron chi connectivity index (χ0n) is 11.8. The molecule has 0 spiro atoms. The van der Waals surface area contributed by atoms with Crippen LogP contribution in [0.15, 0.2) is 42.5 Å². The lowest BCUT2D eigenvalue weighted by Crippen LogP contribution is -2.13. The number of aliphatic hydroxyl groups excluding tert-OH is 1. The largest absolute Gasteiger partial charge is 0.387 e. The molecule has 0 saturated heterocycles. The molecule has 100 valence electrons. The van der Waals surface area contributed by atoms with Crippen molar-refractivity contribution in [2.75, 3.05) is 11.9 Å². The lowest BCUT2D eigenvalue weighted by Gasteiger charge is -2.16. The average Bonchev–Trinajstić information content (AvgIpc) is 2.40. The van der Waals surface area contributed by atoms with E-state index in [4.69, 9.17) is 0 Å². The van der Waals surface area contributed by atoms with Crippen LogP contribution in [0.1, 0.15) is 28.4 Å². The van der Waals surface area contributed by atoms with Crippen LogP contribution in [0.3, 0.4) is 0 Å². The average molecular weight is 255 g/mol. The van der Waals surface area contributed by atoms with Gasteiger partial charge in [-0.2, -0.15) is 0 Å². The Morgan fingerprint density at radius 2 is 1.68 bits per heavy atom. The minimum Gasteiger partial charge on any atom is -0.387 e. The lowest BCUT2D eigenvalue weighted by atomic mass is 10.0. The van der Waals surface area contributed by atoms with Crippen molar-refractivity contribution in [1.82, 2.24) is 0 Å². The minimum atomic E-state index is -0.484. The summed E-state index contributed by atoms with van der Waals surface area (Å²) in [6.07, 6.45) is -0.484. The van der Waals surface area contributed by atoms with Crippen LogP contribution in [0.2, 0.25) is 0 Å². The lowest BCUT2D eigenvalue weighted by molar-refractivity contribution is 0.191. The summed E-state index contributed by atoms with van der Waals surface area (Å²) in [4.78, 5) is 0. The first-order chi connectivity index (χ1) is 9.08. The molecule has 1 unspecified atom stereocenters. The van der Waals surface area contributed by atoms with Gasteiger partial charge in [-0.05, 0) is 55.2 Å². The number of hydrogen-bond acceptors (Lipinski definition) is 2. The number of aryl methyl sites for hydroxylation is 3. The third-order valence-electron chi connectivity index (χ3n) is 3.55. The van der Waals surface area contributed by atoms with E-state index >= 15 is 0 Å². The summed E-state index contributed by atoms with van der Waals surface area (Å²) in [6, 6.07) is 14.2. The van der Waals surface area contributed by atoms with Crippen LogP contribution in [0.4, 0.5) is 5.69 Å². The summed E-state index contributed by atoms with van der Waals surface area (Å²) in [5.74, 6) is 0. The molecule has 0 fully saturated rings. The quantitative estimate of drug-likeness (QED) is 0.872. The molecule has 0 saturated carbocycles. The van der Waals surface area contributed by atoms with E-state index in [0.717, 1.165) is 16.8 Å². The Kier molecular flexibility index (Phi) is 4.23. The first-order valence-corrected chi connectivity index (χ1v) is 6.62. The second kappa shape index (κ2) is 5.89. The Bertz CT molecular complexity index is 563.